The van der Waals surface area contributed by atoms with Gasteiger partial charge in [-0.1, -0.05) is 32.9 Å². The Balaban J connectivity index is 4.95. The molecular formula is C18H32F3NO4Si. The lowest BCUT2D eigenvalue weighted by Crippen LogP contribution is -2.48. The summed E-state index contributed by atoms with van der Waals surface area (Å²) in [5.41, 5.74) is -0.881. The summed E-state index contributed by atoms with van der Waals surface area (Å²) in [6, 6.07) is -1.43. The molecule has 0 saturated heterocycles. The van der Waals surface area contributed by atoms with Crippen LogP contribution in [0.25, 0.3) is 0 Å². The van der Waals surface area contributed by atoms with Gasteiger partial charge in [0, 0.05) is 0 Å². The summed E-state index contributed by atoms with van der Waals surface area (Å²) < 4.78 is 48.5. The maximum atomic E-state index is 12.5. The molecule has 0 spiro atoms. The number of carbonyl (C=O) groups is 2. The minimum atomic E-state index is -5.07. The standard InChI is InChI=1S/C18H32F3NO4Si/c1-16(2,3)26-14(23)13(22-15(24)18(19,20)21)11-9-10-12-25-27(7,8)17(4,5)6/h9-10,13H,11-12H2,1-8H3,(H,22,24)/b10-9-. The predicted octanol–water partition coefficient (Wildman–Crippen LogP) is 4.34. The van der Waals surface area contributed by atoms with E-state index >= 15 is 0 Å². The summed E-state index contributed by atoms with van der Waals surface area (Å²) in [7, 11) is -1.95. The van der Waals surface area contributed by atoms with Crippen molar-refractivity contribution in [2.24, 2.45) is 0 Å². The van der Waals surface area contributed by atoms with Gasteiger partial charge in [0.1, 0.15) is 11.6 Å². The molecule has 9 heteroatoms. The summed E-state index contributed by atoms with van der Waals surface area (Å²) in [4.78, 5) is 23.3. The monoisotopic (exact) mass is 411 g/mol. The molecule has 1 amide bonds. The van der Waals surface area contributed by atoms with Crippen molar-refractivity contribution in [3.8, 4) is 0 Å². The molecule has 1 atom stereocenters. The third-order valence-electron chi connectivity index (χ3n) is 4.14. The lowest BCUT2D eigenvalue weighted by molar-refractivity contribution is -0.177. The number of rotatable bonds is 7. The fourth-order valence-corrected chi connectivity index (χ4v) is 2.55. The van der Waals surface area contributed by atoms with Crippen molar-refractivity contribution in [1.29, 1.82) is 0 Å². The van der Waals surface area contributed by atoms with Crippen molar-refractivity contribution >= 4 is 20.2 Å². The van der Waals surface area contributed by atoms with Crippen LogP contribution in [-0.2, 0) is 18.8 Å². The maximum Gasteiger partial charge on any atom is 0.471 e. The molecule has 0 saturated carbocycles. The second-order valence-corrected chi connectivity index (χ2v) is 13.6. The number of nitrogens with one attached hydrogen (secondary N) is 1. The Morgan fingerprint density at radius 1 is 1.04 bits per heavy atom. The van der Waals surface area contributed by atoms with Crippen LogP contribution in [0.15, 0.2) is 12.2 Å². The summed E-state index contributed by atoms with van der Waals surface area (Å²) in [6.45, 7) is 15.5. The van der Waals surface area contributed by atoms with Crippen LogP contribution in [0.4, 0.5) is 13.2 Å². The number of alkyl halides is 3. The first kappa shape index (κ1) is 25.6. The molecule has 0 radical (unpaired) electrons. The molecule has 1 N–H and O–H groups in total. The second-order valence-electron chi connectivity index (χ2n) is 8.84. The third-order valence-corrected chi connectivity index (χ3v) is 8.64. The molecule has 0 aromatic rings. The van der Waals surface area contributed by atoms with Crippen LogP contribution in [0.2, 0.25) is 18.1 Å². The number of amides is 1. The average molecular weight is 412 g/mol. The third kappa shape index (κ3) is 9.95. The summed E-state index contributed by atoms with van der Waals surface area (Å²) in [5.74, 6) is -3.10. The quantitative estimate of drug-likeness (QED) is 0.384. The Morgan fingerprint density at radius 3 is 1.96 bits per heavy atom. The molecule has 0 aromatic carbocycles. The Labute approximate surface area is 160 Å². The molecule has 158 valence electrons. The van der Waals surface area contributed by atoms with Crippen LogP contribution in [0.5, 0.6) is 0 Å². The van der Waals surface area contributed by atoms with E-state index < -0.39 is 38.0 Å². The average Bonchev–Trinajstić information content (AvgIpc) is 2.41. The first-order valence-corrected chi connectivity index (χ1v) is 11.7. The van der Waals surface area contributed by atoms with Gasteiger partial charge in [0.05, 0.1) is 6.61 Å². The Hall–Kier alpha value is -1.35. The molecule has 5 nitrogen and oxygen atoms in total. The molecule has 1 unspecified atom stereocenters. The van der Waals surface area contributed by atoms with Gasteiger partial charge in [-0.3, -0.25) is 4.79 Å². The van der Waals surface area contributed by atoms with Crippen LogP contribution in [0.3, 0.4) is 0 Å². The largest absolute Gasteiger partial charge is 0.471 e. The second kappa shape index (κ2) is 9.23. The van der Waals surface area contributed by atoms with Gasteiger partial charge < -0.3 is 14.5 Å². The zero-order chi connectivity index (χ0) is 21.7. The number of ether oxygens (including phenoxy) is 1. The van der Waals surface area contributed by atoms with Crippen LogP contribution >= 0.6 is 0 Å². The molecule has 0 aliphatic rings. The van der Waals surface area contributed by atoms with E-state index in [1.165, 1.54) is 6.08 Å². The summed E-state index contributed by atoms with van der Waals surface area (Å²) in [6.07, 6.45) is -2.05. The van der Waals surface area contributed by atoms with Crippen molar-refractivity contribution in [2.75, 3.05) is 6.61 Å². The predicted molar refractivity (Wildman–Crippen MR) is 101 cm³/mol. The van der Waals surface area contributed by atoms with E-state index in [0.29, 0.717) is 0 Å². The van der Waals surface area contributed by atoms with Crippen molar-refractivity contribution in [3.05, 3.63) is 12.2 Å². The first-order chi connectivity index (χ1) is 11.9. The smallest absolute Gasteiger partial charge is 0.458 e. The van der Waals surface area contributed by atoms with E-state index in [-0.39, 0.29) is 18.1 Å². The van der Waals surface area contributed by atoms with Gasteiger partial charge in [-0.15, -0.1) is 0 Å². The molecule has 0 rings (SSSR count). The highest BCUT2D eigenvalue weighted by molar-refractivity contribution is 6.74. The highest BCUT2D eigenvalue weighted by Crippen LogP contribution is 2.36. The van der Waals surface area contributed by atoms with Crippen LogP contribution in [0, 0.1) is 0 Å². The minimum absolute atomic E-state index is 0.0283. The lowest BCUT2D eigenvalue weighted by atomic mass is 10.1. The zero-order valence-electron chi connectivity index (χ0n) is 17.4. The van der Waals surface area contributed by atoms with Gasteiger partial charge in [0.15, 0.2) is 8.32 Å². The van der Waals surface area contributed by atoms with E-state index in [4.69, 9.17) is 9.16 Å². The molecule has 0 fully saturated rings. The van der Waals surface area contributed by atoms with Crippen LogP contribution < -0.4 is 5.32 Å². The van der Waals surface area contributed by atoms with Gasteiger partial charge in [0.2, 0.25) is 0 Å². The number of hydrogen-bond acceptors (Lipinski definition) is 4. The van der Waals surface area contributed by atoms with Gasteiger partial charge in [0.25, 0.3) is 0 Å². The van der Waals surface area contributed by atoms with E-state index in [1.54, 1.807) is 32.2 Å². The van der Waals surface area contributed by atoms with E-state index in [0.717, 1.165) is 0 Å². The fourth-order valence-electron chi connectivity index (χ4n) is 1.60. The Bertz CT molecular complexity index is 546. The summed E-state index contributed by atoms with van der Waals surface area (Å²) >= 11 is 0. The van der Waals surface area contributed by atoms with Crippen LogP contribution in [0.1, 0.15) is 48.0 Å². The van der Waals surface area contributed by atoms with Crippen molar-refractivity contribution < 1.29 is 31.9 Å². The Morgan fingerprint density at radius 2 is 1.56 bits per heavy atom. The molecule has 0 aliphatic carbocycles. The fraction of sp³-hybridized carbons (Fsp3) is 0.778. The van der Waals surface area contributed by atoms with Gasteiger partial charge >= 0.3 is 18.1 Å². The van der Waals surface area contributed by atoms with Gasteiger partial charge in [-0.2, -0.15) is 13.2 Å². The van der Waals surface area contributed by atoms with E-state index in [1.807, 2.05) is 0 Å². The van der Waals surface area contributed by atoms with Crippen molar-refractivity contribution in [2.45, 2.75) is 83.9 Å². The number of hydrogen-bond donors (Lipinski definition) is 1. The van der Waals surface area contributed by atoms with Gasteiger partial charge in [-0.25, -0.2) is 4.79 Å². The molecule has 0 aliphatic heterocycles. The van der Waals surface area contributed by atoms with Crippen molar-refractivity contribution in [3.63, 3.8) is 0 Å². The normalized spacial score (nSPS) is 14.9. The molecule has 0 bridgehead atoms. The first-order valence-electron chi connectivity index (χ1n) is 8.76. The summed E-state index contributed by atoms with van der Waals surface area (Å²) in [5, 5.41) is 1.72. The van der Waals surface area contributed by atoms with Gasteiger partial charge in [-0.05, 0) is 45.3 Å². The van der Waals surface area contributed by atoms with Crippen molar-refractivity contribution in [1.82, 2.24) is 5.32 Å². The highest BCUT2D eigenvalue weighted by atomic mass is 28.4. The number of esters is 1. The SMILES string of the molecule is CC(C)(C)OC(=O)C(C/C=C\CO[Si](C)(C)C(C)(C)C)NC(=O)C(F)(F)F. The molecular weight excluding hydrogens is 379 g/mol. The molecule has 0 heterocycles. The highest BCUT2D eigenvalue weighted by Gasteiger charge is 2.41. The Kier molecular flexibility index (Phi) is 8.76. The van der Waals surface area contributed by atoms with Crippen LogP contribution in [-0.4, -0.2) is 44.6 Å². The maximum absolute atomic E-state index is 12.5. The van der Waals surface area contributed by atoms with E-state index in [2.05, 4.69) is 33.9 Å². The minimum Gasteiger partial charge on any atom is -0.458 e. The zero-order valence-corrected chi connectivity index (χ0v) is 18.4. The molecule has 27 heavy (non-hydrogen) atoms. The number of halogens is 3. The molecule has 0 aromatic heterocycles. The van der Waals surface area contributed by atoms with E-state index in [9.17, 15) is 22.8 Å². The number of carbonyl (C=O) groups excluding carboxylic acids is 2. The topological polar surface area (TPSA) is 64.6 Å². The lowest BCUT2D eigenvalue weighted by Gasteiger charge is -2.35.